The largest absolute Gasteiger partial charge is 0.508 e. The summed E-state index contributed by atoms with van der Waals surface area (Å²) in [5, 5.41) is 12.8. The van der Waals surface area contributed by atoms with Gasteiger partial charge in [0.25, 0.3) is 0 Å². The number of benzene rings is 1. The summed E-state index contributed by atoms with van der Waals surface area (Å²) in [6.45, 7) is 1.09. The van der Waals surface area contributed by atoms with Gasteiger partial charge in [0.1, 0.15) is 5.75 Å². The number of hydrogen-bond acceptors (Lipinski definition) is 3. The number of nitrogens with one attached hydrogen (secondary N) is 1. The number of rotatable bonds is 2. The maximum Gasteiger partial charge on any atom is 0.117 e. The van der Waals surface area contributed by atoms with Gasteiger partial charge in [-0.1, -0.05) is 6.07 Å². The average molecular weight is 192 g/mol. The molecule has 1 aliphatic heterocycles. The van der Waals surface area contributed by atoms with Gasteiger partial charge in [0, 0.05) is 18.8 Å². The number of hydrogen-bond donors (Lipinski definition) is 2. The molecule has 0 saturated carbocycles. The molecular formula is C11H16N2O. The van der Waals surface area contributed by atoms with E-state index in [1.165, 1.54) is 12.8 Å². The molecule has 0 spiro atoms. The van der Waals surface area contributed by atoms with Crippen molar-refractivity contribution in [2.45, 2.75) is 19.0 Å². The molecule has 1 unspecified atom stereocenters. The van der Waals surface area contributed by atoms with Crippen LogP contribution in [0.2, 0.25) is 0 Å². The summed E-state index contributed by atoms with van der Waals surface area (Å²) < 4.78 is 0. The van der Waals surface area contributed by atoms with Crippen LogP contribution in [0.4, 0.5) is 5.69 Å². The molecule has 1 aliphatic rings. The Balaban J connectivity index is 2.13. The second-order valence-electron chi connectivity index (χ2n) is 3.74. The van der Waals surface area contributed by atoms with Gasteiger partial charge in [0.05, 0.1) is 6.17 Å². The molecule has 0 bridgehead atoms. The topological polar surface area (TPSA) is 35.5 Å². The molecule has 0 radical (unpaired) electrons. The number of phenolic OH excluding ortho intramolecular Hbond substituents is 1. The van der Waals surface area contributed by atoms with Gasteiger partial charge in [0.2, 0.25) is 0 Å². The quantitative estimate of drug-likeness (QED) is 0.746. The minimum atomic E-state index is 0.326. The number of aromatic hydroxyl groups is 1. The van der Waals surface area contributed by atoms with Gasteiger partial charge >= 0.3 is 0 Å². The van der Waals surface area contributed by atoms with Gasteiger partial charge in [-0.25, -0.2) is 0 Å². The Bertz CT molecular complexity index is 308. The Hall–Kier alpha value is -1.22. The number of anilines is 1. The van der Waals surface area contributed by atoms with E-state index in [0.717, 1.165) is 12.2 Å². The molecule has 1 saturated heterocycles. The monoisotopic (exact) mass is 192 g/mol. The van der Waals surface area contributed by atoms with E-state index in [4.69, 9.17) is 0 Å². The highest BCUT2D eigenvalue weighted by molar-refractivity contribution is 5.50. The van der Waals surface area contributed by atoms with E-state index < -0.39 is 0 Å². The lowest BCUT2D eigenvalue weighted by Gasteiger charge is -2.26. The fourth-order valence-corrected chi connectivity index (χ4v) is 1.89. The highest BCUT2D eigenvalue weighted by atomic mass is 16.3. The third-order valence-corrected chi connectivity index (χ3v) is 2.74. The molecular weight excluding hydrogens is 176 g/mol. The molecule has 2 N–H and O–H groups in total. The predicted octanol–water partition coefficient (Wildman–Crippen LogP) is 1.54. The molecule has 0 aliphatic carbocycles. The molecule has 0 amide bonds. The summed E-state index contributed by atoms with van der Waals surface area (Å²) in [5.74, 6) is 0.326. The Morgan fingerprint density at radius 2 is 2.36 bits per heavy atom. The molecule has 1 heterocycles. The van der Waals surface area contributed by atoms with Crippen molar-refractivity contribution in [1.82, 2.24) is 5.32 Å². The maximum absolute atomic E-state index is 9.36. The van der Waals surface area contributed by atoms with E-state index in [1.807, 2.05) is 12.1 Å². The fourth-order valence-electron chi connectivity index (χ4n) is 1.89. The second kappa shape index (κ2) is 3.88. The first-order valence-corrected chi connectivity index (χ1v) is 5.02. The van der Waals surface area contributed by atoms with Crippen LogP contribution >= 0.6 is 0 Å². The van der Waals surface area contributed by atoms with E-state index in [-0.39, 0.29) is 0 Å². The minimum Gasteiger partial charge on any atom is -0.508 e. The van der Waals surface area contributed by atoms with Crippen LogP contribution in [0.1, 0.15) is 12.8 Å². The summed E-state index contributed by atoms with van der Waals surface area (Å²) in [4.78, 5) is 2.17. The molecule has 3 nitrogen and oxygen atoms in total. The second-order valence-corrected chi connectivity index (χ2v) is 3.74. The molecule has 1 aromatic carbocycles. The standard InChI is InChI=1S/C11H16N2O/c1-13(11-6-3-7-12-11)9-4-2-5-10(14)8-9/h2,4-5,8,11-12,14H,3,6-7H2,1H3. The average Bonchev–Trinajstić information content (AvgIpc) is 2.69. The summed E-state index contributed by atoms with van der Waals surface area (Å²) >= 11 is 0. The Labute approximate surface area is 84.4 Å². The zero-order valence-electron chi connectivity index (χ0n) is 8.40. The molecule has 1 fully saturated rings. The molecule has 1 atom stereocenters. The molecule has 3 heteroatoms. The smallest absolute Gasteiger partial charge is 0.117 e. The van der Waals surface area contributed by atoms with Crippen molar-refractivity contribution < 1.29 is 5.11 Å². The van der Waals surface area contributed by atoms with Crippen LogP contribution in [-0.4, -0.2) is 24.9 Å². The van der Waals surface area contributed by atoms with Crippen molar-refractivity contribution >= 4 is 5.69 Å². The number of nitrogens with zero attached hydrogens (tertiary/aromatic N) is 1. The van der Waals surface area contributed by atoms with Crippen LogP contribution < -0.4 is 10.2 Å². The normalized spacial score (nSPS) is 21.1. The Kier molecular flexibility index (Phi) is 2.59. The van der Waals surface area contributed by atoms with Crippen molar-refractivity contribution in [3.63, 3.8) is 0 Å². The lowest BCUT2D eigenvalue weighted by Crippen LogP contribution is -2.39. The minimum absolute atomic E-state index is 0.326. The summed E-state index contributed by atoms with van der Waals surface area (Å²) in [7, 11) is 2.05. The van der Waals surface area contributed by atoms with Gasteiger partial charge in [-0.15, -0.1) is 0 Å². The van der Waals surface area contributed by atoms with Crippen LogP contribution in [0, 0.1) is 0 Å². The van der Waals surface area contributed by atoms with Gasteiger partial charge in [-0.2, -0.15) is 0 Å². The van der Waals surface area contributed by atoms with E-state index in [0.29, 0.717) is 11.9 Å². The van der Waals surface area contributed by atoms with E-state index >= 15 is 0 Å². The molecule has 14 heavy (non-hydrogen) atoms. The third kappa shape index (κ3) is 1.82. The van der Waals surface area contributed by atoms with Crippen LogP contribution in [0.5, 0.6) is 5.75 Å². The van der Waals surface area contributed by atoms with Crippen LogP contribution in [0.3, 0.4) is 0 Å². The van der Waals surface area contributed by atoms with Crippen LogP contribution in [0.25, 0.3) is 0 Å². The molecule has 2 rings (SSSR count). The first-order chi connectivity index (χ1) is 6.77. The van der Waals surface area contributed by atoms with Crippen LogP contribution in [0.15, 0.2) is 24.3 Å². The zero-order valence-corrected chi connectivity index (χ0v) is 8.40. The van der Waals surface area contributed by atoms with E-state index in [1.54, 1.807) is 12.1 Å². The van der Waals surface area contributed by atoms with Crippen molar-refractivity contribution in [3.05, 3.63) is 24.3 Å². The predicted molar refractivity (Wildman–Crippen MR) is 57.5 cm³/mol. The SMILES string of the molecule is CN(c1cccc(O)c1)C1CCCN1. The van der Waals surface area contributed by atoms with Gasteiger partial charge in [0.15, 0.2) is 0 Å². The van der Waals surface area contributed by atoms with E-state index in [9.17, 15) is 5.11 Å². The zero-order chi connectivity index (χ0) is 9.97. The highest BCUT2D eigenvalue weighted by Gasteiger charge is 2.18. The summed E-state index contributed by atoms with van der Waals surface area (Å²) in [6, 6.07) is 7.37. The van der Waals surface area contributed by atoms with Gasteiger partial charge in [-0.3, -0.25) is 5.32 Å². The van der Waals surface area contributed by atoms with Gasteiger partial charge in [-0.05, 0) is 31.5 Å². The van der Waals surface area contributed by atoms with Crippen molar-refractivity contribution in [2.24, 2.45) is 0 Å². The lowest BCUT2D eigenvalue weighted by atomic mass is 10.2. The third-order valence-electron chi connectivity index (χ3n) is 2.74. The van der Waals surface area contributed by atoms with Crippen molar-refractivity contribution in [1.29, 1.82) is 0 Å². The summed E-state index contributed by atoms with van der Waals surface area (Å²) in [6.07, 6.45) is 2.82. The van der Waals surface area contributed by atoms with Crippen molar-refractivity contribution in [3.8, 4) is 5.75 Å². The Morgan fingerprint density at radius 1 is 1.50 bits per heavy atom. The molecule has 0 aromatic heterocycles. The highest BCUT2D eigenvalue weighted by Crippen LogP contribution is 2.22. The van der Waals surface area contributed by atoms with Crippen molar-refractivity contribution in [2.75, 3.05) is 18.5 Å². The number of phenols is 1. The molecule has 76 valence electrons. The molecule has 1 aromatic rings. The van der Waals surface area contributed by atoms with E-state index in [2.05, 4.69) is 17.3 Å². The lowest BCUT2D eigenvalue weighted by molar-refractivity contribution is 0.474. The summed E-state index contributed by atoms with van der Waals surface area (Å²) in [5.41, 5.74) is 1.06. The van der Waals surface area contributed by atoms with Crippen LogP contribution in [-0.2, 0) is 0 Å². The Morgan fingerprint density at radius 3 is 3.00 bits per heavy atom. The fraction of sp³-hybridized carbons (Fsp3) is 0.455. The first-order valence-electron chi connectivity index (χ1n) is 5.02. The van der Waals surface area contributed by atoms with Gasteiger partial charge < -0.3 is 10.0 Å². The maximum atomic E-state index is 9.36. The first kappa shape index (κ1) is 9.34.